The van der Waals surface area contributed by atoms with Crippen molar-refractivity contribution >= 4 is 0 Å². The number of hydrogen-bond acceptors (Lipinski definition) is 5. The Morgan fingerprint density at radius 1 is 1.07 bits per heavy atom. The summed E-state index contributed by atoms with van der Waals surface area (Å²) in [4.78, 5) is 14.6. The van der Waals surface area contributed by atoms with Gasteiger partial charge in [0.2, 0.25) is 0 Å². The van der Waals surface area contributed by atoms with E-state index in [1.165, 1.54) is 18.5 Å². The zero-order valence-corrected chi connectivity index (χ0v) is 15.7. The summed E-state index contributed by atoms with van der Waals surface area (Å²) in [5.41, 5.74) is 3.46. The van der Waals surface area contributed by atoms with Crippen molar-refractivity contribution in [3.05, 3.63) is 45.6 Å². The summed E-state index contributed by atoms with van der Waals surface area (Å²) >= 11 is 0. The van der Waals surface area contributed by atoms with E-state index < -0.39 is 0 Å². The maximum atomic E-state index is 12.2. The number of rotatable bonds is 5. The van der Waals surface area contributed by atoms with Gasteiger partial charge in [-0.1, -0.05) is 0 Å². The predicted octanol–water partition coefficient (Wildman–Crippen LogP) is 1.76. The molecule has 2 aromatic rings. The molecular formula is C20H27N5O2. The standard InChI is InChI=1S/C20H27N5O2/c26-20-4-3-19(16-1-2-16)22-25(20)12-15-5-7-23(8-6-15)13-17-11-18-14-27-10-9-24(18)21-17/h3-4,11,15-16H,1-2,5-10,12-14H2. The Balaban J connectivity index is 1.16. The lowest BCUT2D eigenvalue weighted by Gasteiger charge is -2.31. The molecule has 0 unspecified atom stereocenters. The number of likely N-dealkylation sites (tertiary alicyclic amines) is 1. The number of hydrogen-bond donors (Lipinski definition) is 0. The number of aromatic nitrogens is 4. The van der Waals surface area contributed by atoms with Crippen molar-refractivity contribution in [2.45, 2.75) is 57.8 Å². The van der Waals surface area contributed by atoms with Crippen LogP contribution in [0.3, 0.4) is 0 Å². The van der Waals surface area contributed by atoms with Crippen LogP contribution in [0.15, 0.2) is 23.0 Å². The van der Waals surface area contributed by atoms with Crippen molar-refractivity contribution in [2.24, 2.45) is 5.92 Å². The Morgan fingerprint density at radius 2 is 1.93 bits per heavy atom. The van der Waals surface area contributed by atoms with E-state index in [9.17, 15) is 4.79 Å². The molecule has 0 atom stereocenters. The van der Waals surface area contributed by atoms with Crippen LogP contribution in [0.4, 0.5) is 0 Å². The van der Waals surface area contributed by atoms with E-state index in [1.807, 2.05) is 6.07 Å². The highest BCUT2D eigenvalue weighted by Gasteiger charge is 2.26. The van der Waals surface area contributed by atoms with E-state index in [2.05, 4.69) is 20.7 Å². The minimum atomic E-state index is 0.0349. The second kappa shape index (κ2) is 7.20. The summed E-state index contributed by atoms with van der Waals surface area (Å²) in [6.07, 6.45) is 4.65. The van der Waals surface area contributed by atoms with Gasteiger partial charge in [0, 0.05) is 25.1 Å². The normalized spacial score (nSPS) is 21.3. The van der Waals surface area contributed by atoms with Crippen LogP contribution >= 0.6 is 0 Å². The van der Waals surface area contributed by atoms with Crippen LogP contribution in [-0.2, 0) is 31.0 Å². The van der Waals surface area contributed by atoms with Crippen LogP contribution in [0.1, 0.15) is 48.7 Å². The number of ether oxygens (including phenoxy) is 1. The van der Waals surface area contributed by atoms with Gasteiger partial charge in [-0.05, 0) is 56.8 Å². The van der Waals surface area contributed by atoms with Crippen molar-refractivity contribution in [1.82, 2.24) is 24.5 Å². The largest absolute Gasteiger partial charge is 0.373 e. The van der Waals surface area contributed by atoms with E-state index >= 15 is 0 Å². The molecule has 2 aliphatic heterocycles. The van der Waals surface area contributed by atoms with Crippen molar-refractivity contribution in [2.75, 3.05) is 19.7 Å². The summed E-state index contributed by atoms with van der Waals surface area (Å²) in [6, 6.07) is 5.78. The second-order valence-corrected chi connectivity index (χ2v) is 8.18. The SMILES string of the molecule is O=c1ccc(C2CC2)nn1CC1CCN(Cc2cc3n(n2)CCOC3)CC1. The quantitative estimate of drug-likeness (QED) is 0.804. The molecule has 3 aliphatic rings. The lowest BCUT2D eigenvalue weighted by Crippen LogP contribution is -2.36. The molecule has 1 aliphatic carbocycles. The Kier molecular flexibility index (Phi) is 4.57. The van der Waals surface area contributed by atoms with E-state index in [-0.39, 0.29) is 5.56 Å². The maximum Gasteiger partial charge on any atom is 0.266 e. The van der Waals surface area contributed by atoms with Crippen LogP contribution in [0.5, 0.6) is 0 Å². The molecule has 0 aromatic carbocycles. The summed E-state index contributed by atoms with van der Waals surface area (Å²) in [5, 5.41) is 9.33. The fourth-order valence-corrected chi connectivity index (χ4v) is 4.22. The minimum absolute atomic E-state index is 0.0349. The molecule has 7 nitrogen and oxygen atoms in total. The molecule has 0 amide bonds. The fraction of sp³-hybridized carbons (Fsp3) is 0.650. The highest BCUT2D eigenvalue weighted by atomic mass is 16.5. The first-order chi connectivity index (χ1) is 13.2. The third-order valence-electron chi connectivity index (χ3n) is 6.02. The predicted molar refractivity (Wildman–Crippen MR) is 100 cm³/mol. The van der Waals surface area contributed by atoms with Gasteiger partial charge in [-0.15, -0.1) is 0 Å². The molecule has 2 fully saturated rings. The van der Waals surface area contributed by atoms with Crippen molar-refractivity contribution < 1.29 is 4.74 Å². The van der Waals surface area contributed by atoms with Gasteiger partial charge in [0.15, 0.2) is 0 Å². The molecule has 2 aromatic heterocycles. The molecule has 0 radical (unpaired) electrons. The minimum Gasteiger partial charge on any atom is -0.373 e. The van der Waals surface area contributed by atoms with E-state index in [0.717, 1.165) is 63.6 Å². The van der Waals surface area contributed by atoms with E-state index in [4.69, 9.17) is 9.84 Å². The smallest absolute Gasteiger partial charge is 0.266 e. The first kappa shape index (κ1) is 17.1. The Hall–Kier alpha value is -1.99. The molecule has 7 heteroatoms. The highest BCUT2D eigenvalue weighted by molar-refractivity contribution is 5.13. The first-order valence-electron chi connectivity index (χ1n) is 10.2. The van der Waals surface area contributed by atoms with Crippen molar-refractivity contribution in [1.29, 1.82) is 0 Å². The van der Waals surface area contributed by atoms with Crippen molar-refractivity contribution in [3.8, 4) is 0 Å². The average Bonchev–Trinajstić information content (AvgIpc) is 3.45. The van der Waals surface area contributed by atoms with Crippen LogP contribution < -0.4 is 5.56 Å². The second-order valence-electron chi connectivity index (χ2n) is 8.18. The van der Waals surface area contributed by atoms with Crippen LogP contribution in [-0.4, -0.2) is 44.2 Å². The third-order valence-corrected chi connectivity index (χ3v) is 6.02. The average molecular weight is 369 g/mol. The fourth-order valence-electron chi connectivity index (χ4n) is 4.22. The molecule has 5 rings (SSSR count). The topological polar surface area (TPSA) is 65.2 Å². The molecule has 0 N–H and O–H groups in total. The molecule has 1 saturated heterocycles. The summed E-state index contributed by atoms with van der Waals surface area (Å²) in [7, 11) is 0. The summed E-state index contributed by atoms with van der Waals surface area (Å²) < 4.78 is 9.28. The highest BCUT2D eigenvalue weighted by Crippen LogP contribution is 2.38. The zero-order valence-electron chi connectivity index (χ0n) is 15.7. The molecule has 0 spiro atoms. The lowest BCUT2D eigenvalue weighted by molar-refractivity contribution is 0.0799. The monoisotopic (exact) mass is 369 g/mol. The van der Waals surface area contributed by atoms with Gasteiger partial charge in [0.05, 0.1) is 36.8 Å². The molecule has 144 valence electrons. The zero-order chi connectivity index (χ0) is 18.2. The van der Waals surface area contributed by atoms with Crippen molar-refractivity contribution in [3.63, 3.8) is 0 Å². The Morgan fingerprint density at radius 3 is 2.70 bits per heavy atom. The Bertz CT molecular complexity index is 838. The Labute approximate surface area is 158 Å². The van der Waals surface area contributed by atoms with Gasteiger partial charge in [-0.2, -0.15) is 10.2 Å². The summed E-state index contributed by atoms with van der Waals surface area (Å²) in [6.45, 7) is 6.07. The van der Waals surface area contributed by atoms with Gasteiger partial charge in [0.25, 0.3) is 5.56 Å². The first-order valence-corrected chi connectivity index (χ1v) is 10.2. The van der Waals surface area contributed by atoms with Gasteiger partial charge >= 0.3 is 0 Å². The van der Waals surface area contributed by atoms with Gasteiger partial charge in [-0.3, -0.25) is 14.4 Å². The maximum absolute atomic E-state index is 12.2. The number of nitrogens with zero attached hydrogens (tertiary/aromatic N) is 5. The van der Waals surface area contributed by atoms with Gasteiger partial charge in [0.1, 0.15) is 0 Å². The number of piperidine rings is 1. The molecule has 27 heavy (non-hydrogen) atoms. The van der Waals surface area contributed by atoms with E-state index in [1.54, 1.807) is 10.7 Å². The van der Waals surface area contributed by atoms with Crippen LogP contribution in [0.25, 0.3) is 0 Å². The van der Waals surface area contributed by atoms with Crippen LogP contribution in [0.2, 0.25) is 0 Å². The molecule has 4 heterocycles. The van der Waals surface area contributed by atoms with E-state index in [0.29, 0.717) is 18.4 Å². The molecule has 0 bridgehead atoms. The van der Waals surface area contributed by atoms with Gasteiger partial charge in [-0.25, -0.2) is 4.68 Å². The molecule has 1 saturated carbocycles. The number of fused-ring (bicyclic) bond motifs is 1. The lowest BCUT2D eigenvalue weighted by atomic mass is 9.96. The van der Waals surface area contributed by atoms with Crippen LogP contribution in [0, 0.1) is 5.92 Å². The third kappa shape index (κ3) is 3.84. The molecular weight excluding hydrogens is 342 g/mol. The van der Waals surface area contributed by atoms with Gasteiger partial charge < -0.3 is 4.74 Å². The summed E-state index contributed by atoms with van der Waals surface area (Å²) in [5.74, 6) is 1.12.